The summed E-state index contributed by atoms with van der Waals surface area (Å²) < 4.78 is 0. The Morgan fingerprint density at radius 1 is 0.857 bits per heavy atom. The van der Waals surface area contributed by atoms with Crippen molar-refractivity contribution < 1.29 is 44.7 Å². The van der Waals surface area contributed by atoms with Gasteiger partial charge in [0.1, 0.15) is 0 Å². The topological polar surface area (TPSA) is 173 Å². The SMILES string of the molecule is CCN(CC)C(=O)O.O=C(O)CC(O)(CC(=O)O)C(=O)O. The average Bonchev–Trinajstić information content (AvgIpc) is 2.28. The number of hydrogen-bond donors (Lipinski definition) is 5. The van der Waals surface area contributed by atoms with Gasteiger partial charge >= 0.3 is 24.0 Å². The van der Waals surface area contributed by atoms with Crippen LogP contribution < -0.4 is 0 Å². The molecule has 0 radical (unpaired) electrons. The number of amides is 1. The van der Waals surface area contributed by atoms with Crippen LogP contribution in [0.25, 0.3) is 0 Å². The van der Waals surface area contributed by atoms with Gasteiger partial charge in [0.2, 0.25) is 0 Å². The van der Waals surface area contributed by atoms with Crippen LogP contribution >= 0.6 is 0 Å². The van der Waals surface area contributed by atoms with Gasteiger partial charge in [-0.15, -0.1) is 0 Å². The van der Waals surface area contributed by atoms with E-state index in [0.717, 1.165) is 0 Å². The highest BCUT2D eigenvalue weighted by molar-refractivity contribution is 5.88. The Bertz CT molecular complexity index is 373. The van der Waals surface area contributed by atoms with Crippen molar-refractivity contribution in [3.63, 3.8) is 0 Å². The highest BCUT2D eigenvalue weighted by Gasteiger charge is 2.40. The van der Waals surface area contributed by atoms with Gasteiger partial charge in [-0.2, -0.15) is 0 Å². The normalized spacial score (nSPS) is 10.0. The fourth-order valence-corrected chi connectivity index (χ4v) is 1.21. The second-order valence-corrected chi connectivity index (χ2v) is 3.93. The van der Waals surface area contributed by atoms with Crippen molar-refractivity contribution in [2.24, 2.45) is 0 Å². The fraction of sp³-hybridized carbons (Fsp3) is 0.636. The first-order chi connectivity index (χ1) is 9.50. The van der Waals surface area contributed by atoms with Gasteiger partial charge in [-0.25, -0.2) is 9.59 Å². The number of carboxylic acid groups (broad SMARTS) is 4. The van der Waals surface area contributed by atoms with Crippen molar-refractivity contribution in [2.75, 3.05) is 13.1 Å². The molecular weight excluding hydrogens is 290 g/mol. The van der Waals surface area contributed by atoms with Crippen LogP contribution in [0, 0.1) is 0 Å². The van der Waals surface area contributed by atoms with Crippen molar-refractivity contribution in [1.82, 2.24) is 4.90 Å². The molecule has 0 aromatic rings. The minimum atomic E-state index is -2.74. The monoisotopic (exact) mass is 309 g/mol. The number of hydrogen-bond acceptors (Lipinski definition) is 5. The molecule has 0 aromatic heterocycles. The van der Waals surface area contributed by atoms with Gasteiger partial charge in [0.25, 0.3) is 0 Å². The van der Waals surface area contributed by atoms with Crippen LogP contribution in [0.2, 0.25) is 0 Å². The first-order valence-electron chi connectivity index (χ1n) is 5.87. The molecule has 5 N–H and O–H groups in total. The van der Waals surface area contributed by atoms with Gasteiger partial charge in [0, 0.05) is 13.1 Å². The zero-order valence-corrected chi connectivity index (χ0v) is 11.6. The molecule has 0 aliphatic heterocycles. The molecule has 0 fully saturated rings. The molecule has 0 saturated heterocycles. The Kier molecular flexibility index (Phi) is 9.51. The van der Waals surface area contributed by atoms with E-state index in [9.17, 15) is 19.2 Å². The van der Waals surface area contributed by atoms with Crippen molar-refractivity contribution in [1.29, 1.82) is 0 Å². The summed E-state index contributed by atoms with van der Waals surface area (Å²) in [5, 5.41) is 42.1. The summed E-state index contributed by atoms with van der Waals surface area (Å²) in [4.78, 5) is 41.9. The summed E-state index contributed by atoms with van der Waals surface area (Å²) in [6.45, 7) is 4.78. The summed E-state index contributed by atoms with van der Waals surface area (Å²) in [6, 6.07) is 0. The lowest BCUT2D eigenvalue weighted by Crippen LogP contribution is -2.42. The van der Waals surface area contributed by atoms with Gasteiger partial charge in [0.05, 0.1) is 12.8 Å². The highest BCUT2D eigenvalue weighted by atomic mass is 16.4. The van der Waals surface area contributed by atoms with E-state index in [-0.39, 0.29) is 0 Å². The second kappa shape index (κ2) is 9.53. The first kappa shape index (κ1) is 20.9. The van der Waals surface area contributed by atoms with Crippen molar-refractivity contribution >= 4 is 24.0 Å². The number of carboxylic acids is 3. The predicted octanol–water partition coefficient (Wildman–Crippen LogP) is -0.242. The molecule has 21 heavy (non-hydrogen) atoms. The standard InChI is InChI=1S/C6H8O7.C5H11NO2/c7-3(8)1-6(13,5(11)12)2-4(9)10;1-3-6(4-2)5(7)8/h13H,1-2H2,(H,7,8)(H,9,10)(H,11,12);3-4H2,1-2H3,(H,7,8). The molecule has 0 saturated carbocycles. The molecule has 0 aliphatic carbocycles. The van der Waals surface area contributed by atoms with E-state index in [4.69, 9.17) is 25.5 Å². The van der Waals surface area contributed by atoms with E-state index < -0.39 is 42.4 Å². The Hall–Kier alpha value is -2.36. The lowest BCUT2D eigenvalue weighted by Gasteiger charge is -2.18. The van der Waals surface area contributed by atoms with Crippen LogP contribution in [0.3, 0.4) is 0 Å². The maximum absolute atomic E-state index is 10.3. The molecule has 0 unspecified atom stereocenters. The maximum atomic E-state index is 10.3. The number of rotatable bonds is 7. The average molecular weight is 309 g/mol. The zero-order valence-electron chi connectivity index (χ0n) is 11.6. The lowest BCUT2D eigenvalue weighted by molar-refractivity contribution is -0.170. The van der Waals surface area contributed by atoms with Crippen molar-refractivity contribution in [2.45, 2.75) is 32.3 Å². The molecule has 0 rings (SSSR count). The third-order valence-electron chi connectivity index (χ3n) is 2.32. The Balaban J connectivity index is 0. The van der Waals surface area contributed by atoms with Crippen LogP contribution in [0.1, 0.15) is 26.7 Å². The lowest BCUT2D eigenvalue weighted by atomic mass is 9.96. The smallest absolute Gasteiger partial charge is 0.407 e. The minimum absolute atomic E-state index is 0.575. The summed E-state index contributed by atoms with van der Waals surface area (Å²) in [6.07, 6.45) is -3.13. The van der Waals surface area contributed by atoms with Gasteiger partial charge in [0.15, 0.2) is 5.60 Å². The molecule has 0 aliphatic rings. The Morgan fingerprint density at radius 3 is 1.29 bits per heavy atom. The first-order valence-corrected chi connectivity index (χ1v) is 5.87. The largest absolute Gasteiger partial charge is 0.481 e. The third kappa shape index (κ3) is 9.21. The molecular formula is C11H19NO9. The van der Waals surface area contributed by atoms with Crippen LogP contribution in [0.5, 0.6) is 0 Å². The summed E-state index contributed by atoms with van der Waals surface area (Å²) in [5.41, 5.74) is -2.74. The van der Waals surface area contributed by atoms with Gasteiger partial charge in [-0.05, 0) is 13.8 Å². The van der Waals surface area contributed by atoms with Gasteiger partial charge in [-0.3, -0.25) is 9.59 Å². The van der Waals surface area contributed by atoms with Crippen LogP contribution in [-0.2, 0) is 14.4 Å². The van der Waals surface area contributed by atoms with E-state index in [1.165, 1.54) is 4.90 Å². The molecule has 0 heterocycles. The van der Waals surface area contributed by atoms with E-state index in [2.05, 4.69) is 0 Å². The number of nitrogens with zero attached hydrogens (tertiary/aromatic N) is 1. The van der Waals surface area contributed by atoms with Crippen molar-refractivity contribution in [3.8, 4) is 0 Å². The molecule has 0 bridgehead atoms. The maximum Gasteiger partial charge on any atom is 0.407 e. The Morgan fingerprint density at radius 2 is 1.19 bits per heavy atom. The molecule has 1 amide bonds. The quantitative estimate of drug-likeness (QED) is 0.425. The van der Waals surface area contributed by atoms with E-state index in [1.807, 2.05) is 13.8 Å². The van der Waals surface area contributed by atoms with Gasteiger partial charge in [-0.1, -0.05) is 0 Å². The summed E-state index contributed by atoms with van der Waals surface area (Å²) in [5.74, 6) is -5.02. The van der Waals surface area contributed by atoms with E-state index >= 15 is 0 Å². The van der Waals surface area contributed by atoms with E-state index in [1.54, 1.807) is 0 Å². The van der Waals surface area contributed by atoms with Gasteiger partial charge < -0.3 is 30.4 Å². The van der Waals surface area contributed by atoms with Crippen LogP contribution in [0.15, 0.2) is 0 Å². The third-order valence-corrected chi connectivity index (χ3v) is 2.32. The molecule has 0 aromatic carbocycles. The van der Waals surface area contributed by atoms with E-state index in [0.29, 0.717) is 13.1 Å². The minimum Gasteiger partial charge on any atom is -0.481 e. The molecule has 10 nitrogen and oxygen atoms in total. The highest BCUT2D eigenvalue weighted by Crippen LogP contribution is 2.15. The van der Waals surface area contributed by atoms with Crippen LogP contribution in [-0.4, -0.2) is 73.1 Å². The number of carbonyl (C=O) groups is 4. The molecule has 0 spiro atoms. The second-order valence-electron chi connectivity index (χ2n) is 3.93. The predicted molar refractivity (Wildman–Crippen MR) is 68.0 cm³/mol. The fourth-order valence-electron chi connectivity index (χ4n) is 1.21. The van der Waals surface area contributed by atoms with Crippen LogP contribution in [0.4, 0.5) is 4.79 Å². The zero-order chi connectivity index (χ0) is 17.2. The summed E-state index contributed by atoms with van der Waals surface area (Å²) >= 11 is 0. The number of aliphatic hydroxyl groups is 1. The molecule has 10 heteroatoms. The number of aliphatic carboxylic acids is 3. The molecule has 0 atom stereocenters. The van der Waals surface area contributed by atoms with Crippen molar-refractivity contribution in [3.05, 3.63) is 0 Å². The Labute approximate surface area is 120 Å². The summed E-state index contributed by atoms with van der Waals surface area (Å²) in [7, 11) is 0. The molecule has 122 valence electrons.